The van der Waals surface area contributed by atoms with Crippen LogP contribution in [0.4, 0.5) is 36.8 Å². The Hall–Kier alpha value is -2.70. The van der Waals surface area contributed by atoms with Gasteiger partial charge in [-0.15, -0.1) is 0 Å². The number of para-hydroxylation sites is 1. The highest BCUT2D eigenvalue weighted by atomic mass is 19.4. The van der Waals surface area contributed by atoms with E-state index in [0.717, 1.165) is 55.2 Å². The van der Waals surface area contributed by atoms with Crippen LogP contribution in [0.2, 0.25) is 0 Å². The summed E-state index contributed by atoms with van der Waals surface area (Å²) in [7, 11) is 0. The summed E-state index contributed by atoms with van der Waals surface area (Å²) >= 11 is 0. The minimum Gasteiger partial charge on any atom is -0.426 e. The lowest BCUT2D eigenvalue weighted by Crippen LogP contribution is -2.48. The van der Waals surface area contributed by atoms with Gasteiger partial charge >= 0.3 is 18.4 Å². The van der Waals surface area contributed by atoms with Gasteiger partial charge in [-0.25, -0.2) is 4.79 Å². The van der Waals surface area contributed by atoms with Crippen LogP contribution in [-0.2, 0) is 16.1 Å². The normalized spacial score (nSPS) is 27.7. The number of fused-ring (bicyclic) bond motifs is 1. The van der Waals surface area contributed by atoms with Gasteiger partial charge in [0.2, 0.25) is 5.91 Å². The molecule has 13 heteroatoms. The van der Waals surface area contributed by atoms with Crippen molar-refractivity contribution in [1.82, 2.24) is 14.7 Å². The second-order valence-electron chi connectivity index (χ2n) is 11.5. The third-order valence-corrected chi connectivity index (χ3v) is 8.68. The lowest BCUT2D eigenvalue weighted by Gasteiger charge is -2.28. The van der Waals surface area contributed by atoms with Crippen LogP contribution in [0, 0.1) is 17.3 Å². The van der Waals surface area contributed by atoms with Crippen LogP contribution in [0.3, 0.4) is 0 Å². The lowest BCUT2D eigenvalue weighted by molar-refractivity contribution is -0.308. The summed E-state index contributed by atoms with van der Waals surface area (Å²) in [4.78, 5) is 31.5. The molecule has 1 aromatic carbocycles. The van der Waals surface area contributed by atoms with E-state index in [2.05, 4.69) is 26.7 Å². The second kappa shape index (κ2) is 10.0. The predicted octanol–water partition coefficient (Wildman–Crippen LogP) is 4.13. The van der Waals surface area contributed by atoms with Crippen molar-refractivity contribution in [1.29, 1.82) is 0 Å². The largest absolute Gasteiger partial charge is 0.434 e. The van der Waals surface area contributed by atoms with E-state index in [0.29, 0.717) is 19.6 Å². The first-order valence-electron chi connectivity index (χ1n) is 13.1. The highest BCUT2D eigenvalue weighted by Crippen LogP contribution is 2.43. The molecule has 4 fully saturated rings. The molecule has 0 saturated carbocycles. The van der Waals surface area contributed by atoms with Gasteiger partial charge in [-0.2, -0.15) is 26.3 Å². The number of rotatable bonds is 4. The average Bonchev–Trinajstić information content (AvgIpc) is 3.60. The van der Waals surface area contributed by atoms with Crippen LogP contribution in [-0.4, -0.2) is 97.5 Å². The van der Waals surface area contributed by atoms with Gasteiger partial charge < -0.3 is 19.4 Å². The van der Waals surface area contributed by atoms with Crippen molar-refractivity contribution in [3.05, 3.63) is 29.8 Å². The molecular weight excluding hydrogens is 530 g/mol. The molecule has 1 spiro atoms. The Morgan fingerprint density at radius 1 is 0.923 bits per heavy atom. The molecule has 3 unspecified atom stereocenters. The lowest BCUT2D eigenvalue weighted by atomic mass is 9.86. The monoisotopic (exact) mass is 562 g/mol. The number of amides is 2. The molecule has 1 aromatic rings. The molecule has 4 saturated heterocycles. The first-order valence-corrected chi connectivity index (χ1v) is 13.1. The summed E-state index contributed by atoms with van der Waals surface area (Å²) < 4.78 is 80.6. The number of benzene rings is 1. The Morgan fingerprint density at radius 2 is 1.54 bits per heavy atom. The SMILES string of the molecule is CC(=O)N1CCC2(CCN(c3ccccc3CN3CC4CN(C(=O)OC(C(F)(F)F)C(F)(F)F)CC4C3)C2)C1. The maximum absolute atomic E-state index is 12.8. The van der Waals surface area contributed by atoms with E-state index < -0.39 is 24.5 Å². The smallest absolute Gasteiger partial charge is 0.426 e. The van der Waals surface area contributed by atoms with Crippen molar-refractivity contribution in [3.63, 3.8) is 0 Å². The van der Waals surface area contributed by atoms with E-state index in [1.165, 1.54) is 0 Å². The fourth-order valence-corrected chi connectivity index (χ4v) is 6.73. The number of carbonyl (C=O) groups is 2. The zero-order valence-electron chi connectivity index (χ0n) is 21.6. The molecule has 39 heavy (non-hydrogen) atoms. The molecule has 4 aliphatic rings. The third kappa shape index (κ3) is 5.78. The van der Waals surface area contributed by atoms with Crippen LogP contribution < -0.4 is 4.90 Å². The van der Waals surface area contributed by atoms with E-state index in [1.54, 1.807) is 6.92 Å². The van der Waals surface area contributed by atoms with E-state index in [1.807, 2.05) is 17.0 Å². The number of nitrogens with zero attached hydrogens (tertiary/aromatic N) is 4. The third-order valence-electron chi connectivity index (χ3n) is 8.68. The molecule has 0 aromatic heterocycles. The van der Waals surface area contributed by atoms with Crippen molar-refractivity contribution in [3.8, 4) is 0 Å². The van der Waals surface area contributed by atoms with Gasteiger partial charge in [0.1, 0.15) is 0 Å². The van der Waals surface area contributed by atoms with Crippen LogP contribution in [0.5, 0.6) is 0 Å². The molecule has 216 valence electrons. The van der Waals surface area contributed by atoms with Crippen LogP contribution in [0.1, 0.15) is 25.3 Å². The number of likely N-dealkylation sites (tertiary alicyclic amines) is 3. The highest BCUT2D eigenvalue weighted by molar-refractivity contribution is 5.73. The van der Waals surface area contributed by atoms with Gasteiger partial charge in [-0.3, -0.25) is 9.69 Å². The molecule has 0 aliphatic carbocycles. The maximum Gasteiger partial charge on any atom is 0.434 e. The molecule has 4 heterocycles. The zero-order chi connectivity index (χ0) is 28.2. The molecule has 0 N–H and O–H groups in total. The standard InChI is InChI=1S/C26H32F6N4O3/c1-17(37)34-8-6-24(15-34)7-9-35(16-24)21-5-3-2-4-18(21)10-33-11-19-13-36(14-20(19)12-33)23(38)39-22(25(27,28)29)26(30,31)32/h2-5,19-20,22H,6-16H2,1H3. The van der Waals surface area contributed by atoms with Gasteiger partial charge in [-0.1, -0.05) is 18.2 Å². The summed E-state index contributed by atoms with van der Waals surface area (Å²) in [6, 6.07) is 8.14. The Kier molecular flexibility index (Phi) is 7.17. The Labute approximate surface area is 222 Å². The molecule has 5 rings (SSSR count). The molecule has 2 amide bonds. The Morgan fingerprint density at radius 3 is 2.13 bits per heavy atom. The van der Waals surface area contributed by atoms with E-state index in [9.17, 15) is 35.9 Å². The van der Waals surface area contributed by atoms with Gasteiger partial charge in [0, 0.05) is 76.9 Å². The summed E-state index contributed by atoms with van der Waals surface area (Å²) in [5.41, 5.74) is 2.40. The van der Waals surface area contributed by atoms with Crippen molar-refractivity contribution >= 4 is 17.7 Å². The number of alkyl halides is 6. The van der Waals surface area contributed by atoms with E-state index in [-0.39, 0.29) is 36.2 Å². The number of hydrogen-bond donors (Lipinski definition) is 0. The van der Waals surface area contributed by atoms with Crippen molar-refractivity contribution in [2.24, 2.45) is 17.3 Å². The van der Waals surface area contributed by atoms with Crippen molar-refractivity contribution in [2.45, 2.75) is 44.8 Å². The van der Waals surface area contributed by atoms with Crippen molar-refractivity contribution < 1.29 is 40.7 Å². The first-order chi connectivity index (χ1) is 18.2. The molecule has 4 aliphatic heterocycles. The Balaban J connectivity index is 1.17. The van der Waals surface area contributed by atoms with E-state index >= 15 is 0 Å². The van der Waals surface area contributed by atoms with Crippen LogP contribution >= 0.6 is 0 Å². The molecule has 7 nitrogen and oxygen atoms in total. The van der Waals surface area contributed by atoms with Crippen molar-refractivity contribution in [2.75, 3.05) is 57.3 Å². The minimum absolute atomic E-state index is 0.0500. The molecule has 0 bridgehead atoms. The second-order valence-corrected chi connectivity index (χ2v) is 11.5. The summed E-state index contributed by atoms with van der Waals surface area (Å²) in [6.07, 6.45) is -15.2. The van der Waals surface area contributed by atoms with Gasteiger partial charge in [-0.05, 0) is 36.3 Å². The number of hydrogen-bond acceptors (Lipinski definition) is 5. The highest BCUT2D eigenvalue weighted by Gasteiger charge is 2.60. The predicted molar refractivity (Wildman–Crippen MR) is 129 cm³/mol. The van der Waals surface area contributed by atoms with Gasteiger partial charge in [0.25, 0.3) is 6.10 Å². The average molecular weight is 563 g/mol. The summed E-state index contributed by atoms with van der Waals surface area (Å²) in [5, 5.41) is 0. The zero-order valence-corrected chi connectivity index (χ0v) is 21.6. The molecule has 3 atom stereocenters. The molecule has 0 radical (unpaired) electrons. The number of anilines is 1. The van der Waals surface area contributed by atoms with E-state index in [4.69, 9.17) is 0 Å². The quantitative estimate of drug-likeness (QED) is 0.517. The fraction of sp³-hybridized carbons (Fsp3) is 0.692. The van der Waals surface area contributed by atoms with Crippen LogP contribution in [0.15, 0.2) is 24.3 Å². The number of ether oxygens (including phenoxy) is 1. The minimum atomic E-state index is -5.73. The maximum atomic E-state index is 12.8. The number of halogens is 6. The Bertz CT molecular complexity index is 1070. The van der Waals surface area contributed by atoms with Crippen LogP contribution in [0.25, 0.3) is 0 Å². The molecular formula is C26H32F6N4O3. The first kappa shape index (κ1) is 27.9. The fourth-order valence-electron chi connectivity index (χ4n) is 6.73. The topological polar surface area (TPSA) is 56.3 Å². The van der Waals surface area contributed by atoms with Gasteiger partial charge in [0.05, 0.1) is 0 Å². The number of carbonyl (C=O) groups excluding carboxylic acids is 2. The summed E-state index contributed by atoms with van der Waals surface area (Å²) in [6.45, 7) is 6.91. The summed E-state index contributed by atoms with van der Waals surface area (Å²) in [5.74, 6) is 0.00902. The van der Waals surface area contributed by atoms with Gasteiger partial charge in [0.15, 0.2) is 0 Å².